The van der Waals surface area contributed by atoms with Crippen LogP contribution in [0.25, 0.3) is 0 Å². The molecule has 1 rings (SSSR count). The molecule has 0 fully saturated rings. The first kappa shape index (κ1) is 16.3. The molecule has 0 unspecified atom stereocenters. The number of halogens is 3. The van der Waals surface area contributed by atoms with Crippen LogP contribution in [0.5, 0.6) is 0 Å². The highest BCUT2D eigenvalue weighted by molar-refractivity contribution is 6.31. The average Bonchev–Trinajstić information content (AvgIpc) is 2.36. The predicted octanol–water partition coefficient (Wildman–Crippen LogP) is 4.25. The molecule has 0 atom stereocenters. The van der Waals surface area contributed by atoms with Crippen LogP contribution < -0.4 is 5.32 Å². The number of carbonyl (C=O) groups is 1. The van der Waals surface area contributed by atoms with Crippen molar-refractivity contribution in [3.8, 4) is 0 Å². The van der Waals surface area contributed by atoms with Crippen LogP contribution >= 0.6 is 23.2 Å². The van der Waals surface area contributed by atoms with Crippen LogP contribution in [0.4, 0.5) is 4.39 Å². The zero-order valence-corrected chi connectivity index (χ0v) is 12.6. The van der Waals surface area contributed by atoms with E-state index in [1.807, 2.05) is 13.8 Å². The molecule has 1 aromatic rings. The lowest BCUT2D eigenvalue weighted by Crippen LogP contribution is -2.34. The molecule has 0 aliphatic heterocycles. The molecular weight excluding hydrogens is 288 g/mol. The van der Waals surface area contributed by atoms with Gasteiger partial charge in [0.25, 0.3) is 5.91 Å². The Labute approximate surface area is 123 Å². The maximum absolute atomic E-state index is 13.5. The number of hydrogen-bond donors (Lipinski definition) is 1. The first-order valence-corrected chi connectivity index (χ1v) is 7.06. The molecule has 0 saturated heterocycles. The number of carbonyl (C=O) groups excluding carboxylic acids is 1. The smallest absolute Gasteiger partial charge is 0.254 e. The van der Waals surface area contributed by atoms with E-state index in [1.165, 1.54) is 18.2 Å². The summed E-state index contributed by atoms with van der Waals surface area (Å²) in [6.45, 7) is 4.54. The SMILES string of the molecule is CC(C)(CCCCl)CNC(=O)c1cc(Cl)ccc1F. The molecule has 0 radical (unpaired) electrons. The Morgan fingerprint density at radius 2 is 2.11 bits per heavy atom. The van der Waals surface area contributed by atoms with Crippen LogP contribution in [0, 0.1) is 11.2 Å². The summed E-state index contributed by atoms with van der Waals surface area (Å²) in [5, 5.41) is 3.08. The van der Waals surface area contributed by atoms with E-state index in [4.69, 9.17) is 23.2 Å². The van der Waals surface area contributed by atoms with Gasteiger partial charge in [-0.1, -0.05) is 25.4 Å². The van der Waals surface area contributed by atoms with E-state index in [9.17, 15) is 9.18 Å². The molecule has 0 aliphatic rings. The van der Waals surface area contributed by atoms with Crippen molar-refractivity contribution in [2.75, 3.05) is 12.4 Å². The van der Waals surface area contributed by atoms with Gasteiger partial charge in [-0.2, -0.15) is 0 Å². The maximum Gasteiger partial charge on any atom is 0.254 e. The number of hydrogen-bond acceptors (Lipinski definition) is 1. The molecule has 0 aliphatic carbocycles. The first-order chi connectivity index (χ1) is 8.85. The third-order valence-corrected chi connectivity index (χ3v) is 3.39. The van der Waals surface area contributed by atoms with Gasteiger partial charge >= 0.3 is 0 Å². The monoisotopic (exact) mass is 305 g/mol. The summed E-state index contributed by atoms with van der Waals surface area (Å²) in [6.07, 6.45) is 1.78. The van der Waals surface area contributed by atoms with Crippen LogP contribution in [0.3, 0.4) is 0 Å². The van der Waals surface area contributed by atoms with Crippen molar-refractivity contribution in [3.63, 3.8) is 0 Å². The van der Waals surface area contributed by atoms with Crippen molar-refractivity contribution in [1.82, 2.24) is 5.32 Å². The minimum Gasteiger partial charge on any atom is -0.351 e. The van der Waals surface area contributed by atoms with Gasteiger partial charge in [-0.25, -0.2) is 4.39 Å². The normalized spacial score (nSPS) is 11.4. The van der Waals surface area contributed by atoms with E-state index < -0.39 is 11.7 Å². The van der Waals surface area contributed by atoms with Crippen molar-refractivity contribution >= 4 is 29.1 Å². The van der Waals surface area contributed by atoms with Gasteiger partial charge in [0.05, 0.1) is 5.56 Å². The molecule has 0 aromatic heterocycles. The highest BCUT2D eigenvalue weighted by atomic mass is 35.5. The second kappa shape index (κ2) is 7.11. The Morgan fingerprint density at radius 1 is 1.42 bits per heavy atom. The molecule has 2 nitrogen and oxygen atoms in total. The van der Waals surface area contributed by atoms with Gasteiger partial charge in [0.1, 0.15) is 5.82 Å². The summed E-state index contributed by atoms with van der Waals surface area (Å²) in [5.74, 6) is -0.417. The Hall–Kier alpha value is -0.800. The second-order valence-electron chi connectivity index (χ2n) is 5.26. The number of amides is 1. The minimum absolute atomic E-state index is 0.0272. The van der Waals surface area contributed by atoms with Gasteiger partial charge in [0.2, 0.25) is 0 Å². The largest absolute Gasteiger partial charge is 0.351 e. The number of benzene rings is 1. The van der Waals surface area contributed by atoms with E-state index in [-0.39, 0.29) is 11.0 Å². The Balaban J connectivity index is 2.62. The van der Waals surface area contributed by atoms with Crippen molar-refractivity contribution in [3.05, 3.63) is 34.6 Å². The zero-order chi connectivity index (χ0) is 14.5. The highest BCUT2D eigenvalue weighted by Gasteiger charge is 2.20. The van der Waals surface area contributed by atoms with Gasteiger partial charge < -0.3 is 5.32 Å². The predicted molar refractivity (Wildman–Crippen MR) is 77.5 cm³/mol. The van der Waals surface area contributed by atoms with Gasteiger partial charge in [0.15, 0.2) is 0 Å². The lowest BCUT2D eigenvalue weighted by molar-refractivity contribution is 0.0930. The maximum atomic E-state index is 13.5. The third kappa shape index (κ3) is 5.37. The van der Waals surface area contributed by atoms with Gasteiger partial charge in [-0.15, -0.1) is 11.6 Å². The fraction of sp³-hybridized carbons (Fsp3) is 0.500. The fourth-order valence-electron chi connectivity index (χ4n) is 1.72. The summed E-state index contributed by atoms with van der Waals surface area (Å²) >= 11 is 11.4. The number of nitrogens with one attached hydrogen (secondary N) is 1. The Bertz CT molecular complexity index is 449. The Morgan fingerprint density at radius 3 is 2.74 bits per heavy atom. The summed E-state index contributed by atoms with van der Waals surface area (Å²) < 4.78 is 13.5. The molecule has 0 bridgehead atoms. The summed E-state index contributed by atoms with van der Waals surface area (Å²) in [7, 11) is 0. The van der Waals surface area contributed by atoms with E-state index in [0.717, 1.165) is 12.8 Å². The van der Waals surface area contributed by atoms with Gasteiger partial charge in [0, 0.05) is 17.4 Å². The molecular formula is C14H18Cl2FNO. The molecule has 0 spiro atoms. The molecule has 1 amide bonds. The van der Waals surface area contributed by atoms with Crippen molar-refractivity contribution < 1.29 is 9.18 Å². The van der Waals surface area contributed by atoms with Crippen LogP contribution in [-0.2, 0) is 0 Å². The zero-order valence-electron chi connectivity index (χ0n) is 11.1. The number of alkyl halides is 1. The molecule has 19 heavy (non-hydrogen) atoms. The standard InChI is InChI=1S/C14H18Cl2FNO/c1-14(2,6-3-7-15)9-18-13(19)11-8-10(16)4-5-12(11)17/h4-5,8H,3,6-7,9H2,1-2H3,(H,18,19). The van der Waals surface area contributed by atoms with E-state index >= 15 is 0 Å². The van der Waals surface area contributed by atoms with E-state index in [0.29, 0.717) is 17.4 Å². The summed E-state index contributed by atoms with van der Waals surface area (Å²) in [4.78, 5) is 11.9. The van der Waals surface area contributed by atoms with Crippen molar-refractivity contribution in [2.24, 2.45) is 5.41 Å². The quantitative estimate of drug-likeness (QED) is 0.782. The number of rotatable bonds is 6. The fourth-order valence-corrected chi connectivity index (χ4v) is 2.03. The summed E-state index contributed by atoms with van der Waals surface area (Å²) in [6, 6.07) is 3.94. The average molecular weight is 306 g/mol. The second-order valence-corrected chi connectivity index (χ2v) is 6.08. The van der Waals surface area contributed by atoms with Crippen molar-refractivity contribution in [2.45, 2.75) is 26.7 Å². The van der Waals surface area contributed by atoms with Crippen LogP contribution in [0.1, 0.15) is 37.0 Å². The van der Waals surface area contributed by atoms with Crippen LogP contribution in [-0.4, -0.2) is 18.3 Å². The van der Waals surface area contributed by atoms with E-state index in [2.05, 4.69) is 5.32 Å². The molecule has 0 heterocycles. The first-order valence-electron chi connectivity index (χ1n) is 6.15. The minimum atomic E-state index is -0.569. The van der Waals surface area contributed by atoms with Crippen LogP contribution in [0.2, 0.25) is 5.02 Å². The highest BCUT2D eigenvalue weighted by Crippen LogP contribution is 2.22. The summed E-state index contributed by atoms with van der Waals surface area (Å²) in [5.41, 5.74) is -0.0970. The topological polar surface area (TPSA) is 29.1 Å². The third-order valence-electron chi connectivity index (χ3n) is 2.89. The van der Waals surface area contributed by atoms with Gasteiger partial charge in [-0.05, 0) is 36.5 Å². The molecule has 1 aromatic carbocycles. The Kier molecular flexibility index (Phi) is 6.08. The molecule has 106 valence electrons. The van der Waals surface area contributed by atoms with E-state index in [1.54, 1.807) is 0 Å². The lowest BCUT2D eigenvalue weighted by Gasteiger charge is -2.24. The molecule has 0 saturated carbocycles. The molecule has 1 N–H and O–H groups in total. The van der Waals surface area contributed by atoms with Gasteiger partial charge in [-0.3, -0.25) is 4.79 Å². The lowest BCUT2D eigenvalue weighted by atomic mass is 9.88. The van der Waals surface area contributed by atoms with Crippen LogP contribution in [0.15, 0.2) is 18.2 Å². The van der Waals surface area contributed by atoms with Crippen molar-refractivity contribution in [1.29, 1.82) is 0 Å². The molecule has 5 heteroatoms.